The van der Waals surface area contributed by atoms with Crippen molar-refractivity contribution in [3.63, 3.8) is 0 Å². The van der Waals surface area contributed by atoms with Crippen LogP contribution in [-0.4, -0.2) is 22.8 Å². The summed E-state index contributed by atoms with van der Waals surface area (Å²) < 4.78 is 22.4. The monoisotopic (exact) mass is 304 g/mol. The van der Waals surface area contributed by atoms with Crippen molar-refractivity contribution in [3.05, 3.63) is 48.5 Å². The van der Waals surface area contributed by atoms with Gasteiger partial charge in [0.15, 0.2) is 0 Å². The lowest BCUT2D eigenvalue weighted by Gasteiger charge is -2.25. The van der Waals surface area contributed by atoms with Crippen molar-refractivity contribution in [2.24, 2.45) is 0 Å². The van der Waals surface area contributed by atoms with Crippen molar-refractivity contribution in [3.8, 4) is 23.0 Å². The molecular weight excluding hydrogens is 284 g/mol. The Morgan fingerprint density at radius 3 is 1.43 bits per heavy atom. The van der Waals surface area contributed by atoms with Crippen LogP contribution in [0.1, 0.15) is 0 Å². The molecule has 4 nitrogen and oxygen atoms in total. The molecule has 0 radical (unpaired) electrons. The van der Waals surface area contributed by atoms with E-state index >= 15 is 0 Å². The fraction of sp³-hybridized carbons (Fsp3) is 0.250. The first-order valence-electron chi connectivity index (χ1n) is 6.68. The van der Waals surface area contributed by atoms with Crippen molar-refractivity contribution < 1.29 is 18.3 Å². The highest BCUT2D eigenvalue weighted by atomic mass is 28.4. The van der Waals surface area contributed by atoms with E-state index in [0.29, 0.717) is 0 Å². The van der Waals surface area contributed by atoms with Crippen LogP contribution in [0.15, 0.2) is 48.5 Å². The SMILES string of the molecule is COc1cccc(O[Si](C)(C)Oc2cccc(OC)c2)c1. The summed E-state index contributed by atoms with van der Waals surface area (Å²) in [6.45, 7) is 3.98. The maximum absolute atomic E-state index is 6.02. The van der Waals surface area contributed by atoms with E-state index in [1.165, 1.54) is 0 Å². The molecule has 0 heterocycles. The third-order valence-electron chi connectivity index (χ3n) is 2.81. The zero-order valence-corrected chi connectivity index (χ0v) is 13.8. The van der Waals surface area contributed by atoms with E-state index in [-0.39, 0.29) is 0 Å². The van der Waals surface area contributed by atoms with Gasteiger partial charge in [0.1, 0.15) is 23.0 Å². The van der Waals surface area contributed by atoms with E-state index in [2.05, 4.69) is 0 Å². The predicted octanol–water partition coefficient (Wildman–Crippen LogP) is 3.86. The van der Waals surface area contributed by atoms with E-state index in [1.807, 2.05) is 61.6 Å². The van der Waals surface area contributed by atoms with E-state index in [4.69, 9.17) is 18.3 Å². The minimum atomic E-state index is -2.37. The van der Waals surface area contributed by atoms with E-state index in [0.717, 1.165) is 23.0 Å². The van der Waals surface area contributed by atoms with Gasteiger partial charge in [-0.3, -0.25) is 0 Å². The number of rotatable bonds is 6. The molecular formula is C16H20O4Si. The van der Waals surface area contributed by atoms with Crippen molar-refractivity contribution in [1.82, 2.24) is 0 Å². The number of hydrogen-bond donors (Lipinski definition) is 0. The van der Waals surface area contributed by atoms with Crippen LogP contribution in [0.5, 0.6) is 23.0 Å². The van der Waals surface area contributed by atoms with Gasteiger partial charge in [-0.1, -0.05) is 12.1 Å². The standard InChI is InChI=1S/C16H20O4Si/c1-17-13-7-5-9-15(11-13)19-21(3,4)20-16-10-6-8-14(12-16)18-2/h5-12H,1-4H3. The molecule has 2 aromatic rings. The molecule has 21 heavy (non-hydrogen) atoms. The van der Waals surface area contributed by atoms with E-state index in [9.17, 15) is 0 Å². The maximum Gasteiger partial charge on any atom is 0.454 e. The summed E-state index contributed by atoms with van der Waals surface area (Å²) in [7, 11) is 0.899. The molecule has 0 unspecified atom stereocenters. The Labute approximate surface area is 126 Å². The van der Waals surface area contributed by atoms with Crippen LogP contribution in [0.25, 0.3) is 0 Å². The molecule has 0 amide bonds. The highest BCUT2D eigenvalue weighted by molar-refractivity contribution is 6.66. The van der Waals surface area contributed by atoms with Crippen molar-refractivity contribution >= 4 is 8.56 Å². The topological polar surface area (TPSA) is 36.9 Å². The van der Waals surface area contributed by atoms with Gasteiger partial charge < -0.3 is 18.3 Å². The second kappa shape index (κ2) is 6.54. The fourth-order valence-corrected chi connectivity index (χ4v) is 3.35. The number of ether oxygens (including phenoxy) is 2. The first-order chi connectivity index (χ1) is 10.0. The second-order valence-corrected chi connectivity index (χ2v) is 8.17. The molecule has 2 aromatic carbocycles. The Balaban J connectivity index is 2.10. The van der Waals surface area contributed by atoms with E-state index in [1.54, 1.807) is 14.2 Å². The Bertz CT molecular complexity index is 547. The summed E-state index contributed by atoms with van der Waals surface area (Å²) in [5.74, 6) is 3.01. The van der Waals surface area contributed by atoms with Crippen molar-refractivity contribution in [1.29, 1.82) is 0 Å². The molecule has 0 saturated heterocycles. The van der Waals surface area contributed by atoms with Crippen LogP contribution in [0.3, 0.4) is 0 Å². The third kappa shape index (κ3) is 4.42. The third-order valence-corrected chi connectivity index (χ3v) is 4.26. The molecule has 0 atom stereocenters. The Morgan fingerprint density at radius 1 is 0.667 bits per heavy atom. The number of hydrogen-bond acceptors (Lipinski definition) is 4. The van der Waals surface area contributed by atoms with Gasteiger partial charge in [-0.05, 0) is 24.3 Å². The fourth-order valence-electron chi connectivity index (χ4n) is 1.92. The molecule has 5 heteroatoms. The zero-order valence-electron chi connectivity index (χ0n) is 12.8. The molecule has 0 saturated carbocycles. The van der Waals surface area contributed by atoms with Gasteiger partial charge in [-0.2, -0.15) is 0 Å². The first kappa shape index (κ1) is 15.2. The van der Waals surface area contributed by atoms with Crippen LogP contribution in [0.2, 0.25) is 13.1 Å². The largest absolute Gasteiger partial charge is 0.512 e. The Kier molecular flexibility index (Phi) is 4.75. The second-order valence-electron chi connectivity index (χ2n) is 4.96. The minimum Gasteiger partial charge on any atom is -0.512 e. The molecule has 2 rings (SSSR count). The van der Waals surface area contributed by atoms with Gasteiger partial charge in [-0.15, -0.1) is 0 Å². The van der Waals surface area contributed by atoms with Crippen LogP contribution in [-0.2, 0) is 0 Å². The van der Waals surface area contributed by atoms with Gasteiger partial charge in [0.25, 0.3) is 0 Å². The maximum atomic E-state index is 6.02. The lowest BCUT2D eigenvalue weighted by molar-refractivity contribution is 0.385. The summed E-state index contributed by atoms with van der Waals surface area (Å²) in [6.07, 6.45) is 0. The molecule has 0 spiro atoms. The quantitative estimate of drug-likeness (QED) is 0.759. The van der Waals surface area contributed by atoms with Gasteiger partial charge in [-0.25, -0.2) is 0 Å². The Hall–Kier alpha value is -2.14. The Morgan fingerprint density at radius 2 is 1.05 bits per heavy atom. The van der Waals surface area contributed by atoms with Crippen molar-refractivity contribution in [2.75, 3.05) is 14.2 Å². The molecule has 112 valence electrons. The summed E-state index contributed by atoms with van der Waals surface area (Å²) in [4.78, 5) is 0. The molecule has 0 N–H and O–H groups in total. The minimum absolute atomic E-state index is 0.744. The molecule has 0 aromatic heterocycles. The van der Waals surface area contributed by atoms with Gasteiger partial charge in [0, 0.05) is 25.2 Å². The van der Waals surface area contributed by atoms with Crippen LogP contribution in [0, 0.1) is 0 Å². The molecule has 0 aliphatic rings. The highest BCUT2D eigenvalue weighted by Crippen LogP contribution is 2.25. The molecule has 0 fully saturated rings. The predicted molar refractivity (Wildman–Crippen MR) is 84.7 cm³/mol. The average Bonchev–Trinajstić information content (AvgIpc) is 2.46. The first-order valence-corrected chi connectivity index (χ1v) is 9.50. The van der Waals surface area contributed by atoms with Crippen LogP contribution < -0.4 is 18.3 Å². The molecule has 0 aliphatic carbocycles. The van der Waals surface area contributed by atoms with Gasteiger partial charge in [0.2, 0.25) is 0 Å². The lowest BCUT2D eigenvalue weighted by Crippen LogP contribution is -2.41. The lowest BCUT2D eigenvalue weighted by atomic mass is 10.3. The summed E-state index contributed by atoms with van der Waals surface area (Å²) in [6, 6.07) is 15.0. The zero-order chi connectivity index (χ0) is 15.3. The van der Waals surface area contributed by atoms with Crippen molar-refractivity contribution in [2.45, 2.75) is 13.1 Å². The summed E-state index contributed by atoms with van der Waals surface area (Å²) >= 11 is 0. The summed E-state index contributed by atoms with van der Waals surface area (Å²) in [5, 5.41) is 0. The van der Waals surface area contributed by atoms with Gasteiger partial charge >= 0.3 is 8.56 Å². The van der Waals surface area contributed by atoms with Gasteiger partial charge in [0.05, 0.1) is 14.2 Å². The highest BCUT2D eigenvalue weighted by Gasteiger charge is 2.29. The number of benzene rings is 2. The molecule has 0 aliphatic heterocycles. The van der Waals surface area contributed by atoms with Crippen LogP contribution in [0.4, 0.5) is 0 Å². The van der Waals surface area contributed by atoms with E-state index < -0.39 is 8.56 Å². The summed E-state index contributed by atoms with van der Waals surface area (Å²) in [5.41, 5.74) is 0. The normalized spacial score (nSPS) is 10.9. The van der Waals surface area contributed by atoms with Crippen LogP contribution >= 0.6 is 0 Å². The average molecular weight is 304 g/mol. The molecule has 0 bridgehead atoms. The smallest absolute Gasteiger partial charge is 0.454 e. The number of methoxy groups -OCH3 is 2.